The Morgan fingerprint density at radius 2 is 1.87 bits per heavy atom. The lowest BCUT2D eigenvalue weighted by Crippen LogP contribution is -2.46. The molecule has 122 valence electrons. The fraction of sp³-hybridized carbons (Fsp3) is 0.579. The van der Waals surface area contributed by atoms with E-state index < -0.39 is 5.41 Å². The minimum atomic E-state index is -0.921. The second-order valence-electron chi connectivity index (χ2n) is 7.50. The maximum absolute atomic E-state index is 12.7. The van der Waals surface area contributed by atoms with Crippen LogP contribution in [0.25, 0.3) is 0 Å². The summed E-state index contributed by atoms with van der Waals surface area (Å²) < 4.78 is 5.31. The minimum Gasteiger partial charge on any atom is -0.381 e. The monoisotopic (exact) mass is 312 g/mol. The van der Waals surface area contributed by atoms with Crippen molar-refractivity contribution < 1.29 is 9.53 Å². The van der Waals surface area contributed by atoms with E-state index in [-0.39, 0.29) is 16.7 Å². The van der Waals surface area contributed by atoms with Gasteiger partial charge < -0.3 is 10.1 Å². The number of ether oxygens (including phenoxy) is 1. The molecule has 0 aromatic heterocycles. The highest BCUT2D eigenvalue weighted by molar-refractivity contribution is 5.85. The molecular weight excluding hydrogens is 288 g/mol. The zero-order chi connectivity index (χ0) is 16.6. The van der Waals surface area contributed by atoms with Gasteiger partial charge in [-0.25, -0.2) is 0 Å². The van der Waals surface area contributed by atoms with E-state index >= 15 is 0 Å². The summed E-state index contributed by atoms with van der Waals surface area (Å²) in [4.78, 5) is 12.7. The second kappa shape index (κ2) is 5.65. The number of amides is 1. The third-order valence-electron chi connectivity index (χ3n) is 5.79. The average molecular weight is 312 g/mol. The van der Waals surface area contributed by atoms with Gasteiger partial charge in [0.05, 0.1) is 6.07 Å². The van der Waals surface area contributed by atoms with Gasteiger partial charge in [-0.15, -0.1) is 0 Å². The number of nitriles is 1. The second-order valence-corrected chi connectivity index (χ2v) is 7.50. The van der Waals surface area contributed by atoms with Crippen LogP contribution in [0.1, 0.15) is 38.7 Å². The van der Waals surface area contributed by atoms with Crippen LogP contribution in [-0.4, -0.2) is 25.7 Å². The molecule has 3 rings (SSSR count). The normalized spacial score (nSPS) is 27.7. The smallest absolute Gasteiger partial charge is 0.240 e. The zero-order valence-electron chi connectivity index (χ0n) is 13.9. The van der Waals surface area contributed by atoms with Gasteiger partial charge in [-0.3, -0.25) is 4.79 Å². The Morgan fingerprint density at radius 3 is 2.39 bits per heavy atom. The third-order valence-corrected chi connectivity index (χ3v) is 5.79. The number of hydrogen-bond donors (Lipinski definition) is 1. The molecular formula is C19H24N2O2. The predicted octanol–water partition coefficient (Wildman–Crippen LogP) is 2.79. The van der Waals surface area contributed by atoms with Gasteiger partial charge in [0.25, 0.3) is 0 Å². The summed E-state index contributed by atoms with van der Waals surface area (Å²) in [5.41, 5.74) is 0.487. The summed E-state index contributed by atoms with van der Waals surface area (Å²) in [5, 5.41) is 12.6. The van der Waals surface area contributed by atoms with Crippen LogP contribution < -0.4 is 5.32 Å². The van der Waals surface area contributed by atoms with Crippen LogP contribution in [0.15, 0.2) is 30.3 Å². The molecule has 0 unspecified atom stereocenters. The number of nitrogens with one attached hydrogen (secondary N) is 1. The molecule has 1 atom stereocenters. The lowest BCUT2D eigenvalue weighted by molar-refractivity contribution is -0.132. The molecule has 1 aliphatic heterocycles. The van der Waals surface area contributed by atoms with E-state index in [1.165, 1.54) is 5.56 Å². The molecule has 1 amide bonds. The number of hydrogen-bond acceptors (Lipinski definition) is 3. The highest BCUT2D eigenvalue weighted by Gasteiger charge is 2.62. The Morgan fingerprint density at radius 1 is 1.26 bits per heavy atom. The fourth-order valence-electron chi connectivity index (χ4n) is 3.87. The predicted molar refractivity (Wildman–Crippen MR) is 87.6 cm³/mol. The van der Waals surface area contributed by atoms with Crippen LogP contribution >= 0.6 is 0 Å². The lowest BCUT2D eigenvalue weighted by atomic mass is 9.80. The van der Waals surface area contributed by atoms with Crippen molar-refractivity contribution in [1.82, 2.24) is 5.32 Å². The molecule has 2 fully saturated rings. The van der Waals surface area contributed by atoms with E-state index in [1.807, 2.05) is 18.2 Å². The molecule has 4 heteroatoms. The van der Waals surface area contributed by atoms with Crippen LogP contribution in [0.5, 0.6) is 0 Å². The van der Waals surface area contributed by atoms with Crippen molar-refractivity contribution in [2.75, 3.05) is 19.8 Å². The molecule has 1 N–H and O–H groups in total. The molecule has 4 nitrogen and oxygen atoms in total. The van der Waals surface area contributed by atoms with Crippen molar-refractivity contribution in [3.8, 4) is 6.07 Å². The van der Waals surface area contributed by atoms with Crippen molar-refractivity contribution in [3.05, 3.63) is 35.9 Å². The lowest BCUT2D eigenvalue weighted by Gasteiger charge is -2.30. The SMILES string of the molecule is CC1(C)C[C@]1(CNC(=O)C1(C#N)CCOCC1)c1ccccc1. The van der Waals surface area contributed by atoms with Gasteiger partial charge in [0.1, 0.15) is 5.41 Å². The maximum atomic E-state index is 12.7. The summed E-state index contributed by atoms with van der Waals surface area (Å²) in [6.45, 7) is 6.03. The Labute approximate surface area is 137 Å². The number of carbonyl (C=O) groups excluding carboxylic acids is 1. The largest absolute Gasteiger partial charge is 0.381 e. The first-order valence-corrected chi connectivity index (χ1v) is 8.29. The summed E-state index contributed by atoms with van der Waals surface area (Å²) in [7, 11) is 0. The number of nitrogens with zero attached hydrogens (tertiary/aromatic N) is 1. The van der Waals surface area contributed by atoms with E-state index in [2.05, 4.69) is 37.4 Å². The van der Waals surface area contributed by atoms with E-state index in [0.717, 1.165) is 6.42 Å². The van der Waals surface area contributed by atoms with E-state index in [0.29, 0.717) is 32.6 Å². The minimum absolute atomic E-state index is 0.0221. The van der Waals surface area contributed by atoms with E-state index in [4.69, 9.17) is 4.74 Å². The number of rotatable bonds is 4. The quantitative estimate of drug-likeness (QED) is 0.930. The summed E-state index contributed by atoms with van der Waals surface area (Å²) in [6.07, 6.45) is 2.01. The van der Waals surface area contributed by atoms with Crippen LogP contribution in [0.2, 0.25) is 0 Å². The highest BCUT2D eigenvalue weighted by Crippen LogP contribution is 2.63. The van der Waals surface area contributed by atoms with Gasteiger partial charge >= 0.3 is 0 Å². The fourth-order valence-corrected chi connectivity index (χ4v) is 3.87. The molecule has 2 aliphatic rings. The summed E-state index contributed by atoms with van der Waals surface area (Å²) in [5.74, 6) is -0.138. The topological polar surface area (TPSA) is 62.1 Å². The Bertz CT molecular complexity index is 627. The van der Waals surface area contributed by atoms with Crippen molar-refractivity contribution in [1.29, 1.82) is 5.26 Å². The molecule has 1 aromatic carbocycles. The maximum Gasteiger partial charge on any atom is 0.240 e. The van der Waals surface area contributed by atoms with Crippen LogP contribution in [0.3, 0.4) is 0 Å². The van der Waals surface area contributed by atoms with Crippen molar-refractivity contribution >= 4 is 5.91 Å². The van der Waals surface area contributed by atoms with Crippen LogP contribution in [-0.2, 0) is 14.9 Å². The highest BCUT2D eigenvalue weighted by atomic mass is 16.5. The third kappa shape index (κ3) is 2.64. The van der Waals surface area contributed by atoms with Gasteiger partial charge in [-0.1, -0.05) is 44.2 Å². The summed E-state index contributed by atoms with van der Waals surface area (Å²) >= 11 is 0. The summed E-state index contributed by atoms with van der Waals surface area (Å²) in [6, 6.07) is 12.6. The first-order valence-electron chi connectivity index (χ1n) is 8.29. The zero-order valence-corrected chi connectivity index (χ0v) is 13.9. The van der Waals surface area contributed by atoms with Crippen LogP contribution in [0, 0.1) is 22.2 Å². The standard InChI is InChI=1S/C19H24N2O2/c1-17(2)12-19(17,15-6-4-3-5-7-15)14-21-16(22)18(13-20)8-10-23-11-9-18/h3-7H,8-12,14H2,1-2H3,(H,21,22)/t19-/m0/s1. The molecule has 1 saturated heterocycles. The molecule has 1 heterocycles. The van der Waals surface area contributed by atoms with E-state index in [9.17, 15) is 10.1 Å². The molecule has 23 heavy (non-hydrogen) atoms. The van der Waals surface area contributed by atoms with Gasteiger partial charge in [0.2, 0.25) is 5.91 Å². The Kier molecular flexibility index (Phi) is 3.93. The molecule has 1 aromatic rings. The van der Waals surface area contributed by atoms with Gasteiger partial charge in [-0.2, -0.15) is 5.26 Å². The Balaban J connectivity index is 1.74. The van der Waals surface area contributed by atoms with Crippen molar-refractivity contribution in [3.63, 3.8) is 0 Å². The Hall–Kier alpha value is -1.86. The average Bonchev–Trinajstić information content (AvgIpc) is 3.16. The molecule has 0 spiro atoms. The molecule has 0 bridgehead atoms. The van der Waals surface area contributed by atoms with Gasteiger partial charge in [-0.05, 0) is 30.2 Å². The molecule has 1 aliphatic carbocycles. The van der Waals surface area contributed by atoms with Gasteiger partial charge in [0, 0.05) is 25.2 Å². The first-order chi connectivity index (χ1) is 11.0. The number of benzene rings is 1. The van der Waals surface area contributed by atoms with Crippen molar-refractivity contribution in [2.24, 2.45) is 10.8 Å². The van der Waals surface area contributed by atoms with Crippen LogP contribution in [0.4, 0.5) is 0 Å². The van der Waals surface area contributed by atoms with E-state index in [1.54, 1.807) is 0 Å². The molecule has 1 saturated carbocycles. The van der Waals surface area contributed by atoms with Crippen molar-refractivity contribution in [2.45, 2.75) is 38.5 Å². The number of carbonyl (C=O) groups is 1. The first kappa shape index (κ1) is 16.0. The van der Waals surface area contributed by atoms with Gasteiger partial charge in [0.15, 0.2) is 0 Å². The molecule has 0 radical (unpaired) electrons.